The first kappa shape index (κ1) is 17.0. The van der Waals surface area contributed by atoms with Gasteiger partial charge in [-0.3, -0.25) is 14.5 Å². The van der Waals surface area contributed by atoms with Gasteiger partial charge in [0.2, 0.25) is 5.91 Å². The average molecular weight is 330 g/mol. The minimum atomic E-state index is -0.282. The number of benzene rings is 1. The van der Waals surface area contributed by atoms with Gasteiger partial charge in [0, 0.05) is 26.4 Å². The highest BCUT2D eigenvalue weighted by Crippen LogP contribution is 2.38. The van der Waals surface area contributed by atoms with Gasteiger partial charge in [-0.15, -0.1) is 0 Å². The summed E-state index contributed by atoms with van der Waals surface area (Å²) in [7, 11) is 0. The fourth-order valence-electron chi connectivity index (χ4n) is 3.98. The molecule has 0 radical (unpaired) electrons. The normalized spacial score (nSPS) is 20.2. The Balaban J connectivity index is 1.63. The molecule has 2 saturated heterocycles. The topological polar surface area (TPSA) is 58.6 Å². The second kappa shape index (κ2) is 6.55. The van der Waals surface area contributed by atoms with Crippen LogP contribution in [0, 0.1) is 19.3 Å². The van der Waals surface area contributed by atoms with E-state index in [1.807, 2.05) is 13.8 Å². The van der Waals surface area contributed by atoms with Crippen molar-refractivity contribution >= 4 is 11.9 Å². The van der Waals surface area contributed by atoms with Crippen molar-refractivity contribution in [1.82, 2.24) is 10.2 Å². The van der Waals surface area contributed by atoms with Gasteiger partial charge in [0.1, 0.15) is 5.75 Å². The molecular formula is C19H26N2O3. The van der Waals surface area contributed by atoms with E-state index < -0.39 is 0 Å². The van der Waals surface area contributed by atoms with E-state index in [0.29, 0.717) is 12.2 Å². The van der Waals surface area contributed by atoms with E-state index in [-0.39, 0.29) is 17.3 Å². The van der Waals surface area contributed by atoms with Crippen molar-refractivity contribution in [3.8, 4) is 5.75 Å². The molecule has 5 nitrogen and oxygen atoms in total. The Morgan fingerprint density at radius 2 is 1.88 bits per heavy atom. The molecule has 0 atom stereocenters. The number of aryl methyl sites for hydroxylation is 2. The van der Waals surface area contributed by atoms with Crippen LogP contribution in [0.1, 0.15) is 42.9 Å². The van der Waals surface area contributed by atoms with E-state index in [9.17, 15) is 9.59 Å². The molecule has 0 unspecified atom stereocenters. The number of carbonyl (C=O) groups is 2. The lowest BCUT2D eigenvalue weighted by atomic mass is 9.77. The van der Waals surface area contributed by atoms with Crippen LogP contribution in [0.25, 0.3) is 0 Å². The number of piperidine rings is 1. The van der Waals surface area contributed by atoms with Crippen LogP contribution in [0.3, 0.4) is 0 Å². The molecule has 0 aromatic heterocycles. The van der Waals surface area contributed by atoms with Crippen LogP contribution in [-0.4, -0.2) is 36.4 Å². The van der Waals surface area contributed by atoms with Gasteiger partial charge in [0.15, 0.2) is 0 Å². The maximum atomic E-state index is 11.5. The Hall–Kier alpha value is -1.88. The van der Waals surface area contributed by atoms with E-state index in [1.165, 1.54) is 12.5 Å². The monoisotopic (exact) mass is 330 g/mol. The number of rotatable bonds is 3. The van der Waals surface area contributed by atoms with Crippen molar-refractivity contribution in [1.29, 1.82) is 0 Å². The third-order valence-corrected chi connectivity index (χ3v) is 5.28. The molecular weight excluding hydrogens is 304 g/mol. The summed E-state index contributed by atoms with van der Waals surface area (Å²) in [6.07, 6.45) is 2.85. The number of hydrogen-bond acceptors (Lipinski definition) is 4. The molecule has 1 aromatic carbocycles. The maximum absolute atomic E-state index is 11.5. The highest BCUT2D eigenvalue weighted by Gasteiger charge is 2.40. The molecule has 24 heavy (non-hydrogen) atoms. The van der Waals surface area contributed by atoms with Crippen LogP contribution in [0.5, 0.6) is 5.75 Å². The zero-order valence-corrected chi connectivity index (χ0v) is 14.8. The molecule has 2 aliphatic heterocycles. The molecule has 2 aliphatic rings. The van der Waals surface area contributed by atoms with E-state index in [1.54, 1.807) is 0 Å². The number of likely N-dealkylation sites (tertiary alicyclic amines) is 1. The zero-order valence-electron chi connectivity index (χ0n) is 14.8. The molecule has 1 aromatic rings. The number of ether oxygens (including phenoxy) is 1. The van der Waals surface area contributed by atoms with Crippen molar-refractivity contribution in [2.24, 2.45) is 5.41 Å². The summed E-state index contributed by atoms with van der Waals surface area (Å²) < 4.78 is 5.30. The van der Waals surface area contributed by atoms with Crippen molar-refractivity contribution in [2.75, 3.05) is 19.6 Å². The highest BCUT2D eigenvalue weighted by atomic mass is 16.5. The van der Waals surface area contributed by atoms with E-state index in [4.69, 9.17) is 4.74 Å². The largest absolute Gasteiger partial charge is 0.426 e. The summed E-state index contributed by atoms with van der Waals surface area (Å²) in [6.45, 7) is 9.19. The van der Waals surface area contributed by atoms with Gasteiger partial charge in [-0.05, 0) is 61.9 Å². The summed E-state index contributed by atoms with van der Waals surface area (Å²) in [5.74, 6) is 0.602. The zero-order chi connectivity index (χ0) is 17.3. The van der Waals surface area contributed by atoms with Crippen LogP contribution >= 0.6 is 0 Å². The maximum Gasteiger partial charge on any atom is 0.308 e. The third-order valence-electron chi connectivity index (χ3n) is 5.28. The lowest BCUT2D eigenvalue weighted by molar-refractivity contribution is -0.132. The minimum absolute atomic E-state index is 0.193. The molecule has 130 valence electrons. The number of nitrogens with zero attached hydrogens (tertiary/aromatic N) is 1. The second-order valence-electron chi connectivity index (χ2n) is 7.38. The van der Waals surface area contributed by atoms with Crippen LogP contribution in [0.15, 0.2) is 12.1 Å². The molecule has 2 fully saturated rings. The van der Waals surface area contributed by atoms with Gasteiger partial charge in [0.05, 0.1) is 0 Å². The molecule has 0 bridgehead atoms. The van der Waals surface area contributed by atoms with Crippen molar-refractivity contribution in [3.05, 3.63) is 28.8 Å². The van der Waals surface area contributed by atoms with Gasteiger partial charge in [-0.25, -0.2) is 0 Å². The number of carbonyl (C=O) groups excluding carboxylic acids is 2. The molecule has 1 amide bonds. The molecule has 0 aliphatic carbocycles. The van der Waals surface area contributed by atoms with Gasteiger partial charge >= 0.3 is 5.97 Å². The minimum Gasteiger partial charge on any atom is -0.426 e. The molecule has 1 spiro atoms. The quantitative estimate of drug-likeness (QED) is 0.683. The van der Waals surface area contributed by atoms with Crippen LogP contribution < -0.4 is 10.1 Å². The van der Waals surface area contributed by atoms with Gasteiger partial charge in [-0.1, -0.05) is 12.1 Å². The Morgan fingerprint density at radius 3 is 2.38 bits per heavy atom. The van der Waals surface area contributed by atoms with E-state index in [2.05, 4.69) is 22.3 Å². The van der Waals surface area contributed by atoms with Crippen molar-refractivity contribution in [2.45, 2.75) is 46.6 Å². The van der Waals surface area contributed by atoms with E-state index in [0.717, 1.165) is 50.1 Å². The Morgan fingerprint density at radius 1 is 1.25 bits per heavy atom. The first-order chi connectivity index (χ1) is 11.4. The number of hydrogen-bond donors (Lipinski definition) is 1. The average Bonchev–Trinajstić information content (AvgIpc) is 2.86. The number of amides is 1. The predicted octanol–water partition coefficient (Wildman–Crippen LogP) is 2.33. The van der Waals surface area contributed by atoms with Crippen molar-refractivity contribution in [3.63, 3.8) is 0 Å². The molecule has 3 rings (SSSR count). The summed E-state index contributed by atoms with van der Waals surface area (Å²) in [4.78, 5) is 25.2. The smallest absolute Gasteiger partial charge is 0.308 e. The predicted molar refractivity (Wildman–Crippen MR) is 91.8 cm³/mol. The first-order valence-electron chi connectivity index (χ1n) is 8.64. The first-order valence-corrected chi connectivity index (χ1v) is 8.64. The highest BCUT2D eigenvalue weighted by molar-refractivity contribution is 5.79. The van der Waals surface area contributed by atoms with E-state index >= 15 is 0 Å². The lowest BCUT2D eigenvalue weighted by Crippen LogP contribution is -2.40. The van der Waals surface area contributed by atoms with Gasteiger partial charge in [0.25, 0.3) is 0 Å². The van der Waals surface area contributed by atoms with Crippen molar-refractivity contribution < 1.29 is 14.3 Å². The number of nitrogens with one attached hydrogen (secondary N) is 1. The molecule has 2 heterocycles. The third kappa shape index (κ3) is 3.61. The van der Waals surface area contributed by atoms with Gasteiger partial charge in [-0.2, -0.15) is 0 Å². The fourth-order valence-corrected chi connectivity index (χ4v) is 3.98. The van der Waals surface area contributed by atoms with Crippen LogP contribution in [0.4, 0.5) is 0 Å². The fraction of sp³-hybridized carbons (Fsp3) is 0.579. The van der Waals surface area contributed by atoms with Crippen LogP contribution in [0.2, 0.25) is 0 Å². The van der Waals surface area contributed by atoms with Gasteiger partial charge < -0.3 is 10.1 Å². The van der Waals surface area contributed by atoms with Crippen LogP contribution in [-0.2, 0) is 16.1 Å². The molecule has 1 N–H and O–H groups in total. The summed E-state index contributed by atoms with van der Waals surface area (Å²) in [6, 6.07) is 4.21. The Bertz CT molecular complexity index is 638. The second-order valence-corrected chi connectivity index (χ2v) is 7.38. The summed E-state index contributed by atoms with van der Waals surface area (Å²) >= 11 is 0. The number of esters is 1. The summed E-state index contributed by atoms with van der Waals surface area (Å²) in [5.41, 5.74) is 3.44. The standard InChI is InChI=1S/C19H26N2O3/c1-13-8-16(9-14(2)18(13)24-15(3)22)11-21-6-4-19(5-7-21)10-17(23)20-12-19/h8-9H,4-7,10-12H2,1-3H3,(H,20,23). The Kier molecular flexibility index (Phi) is 4.63. The SMILES string of the molecule is CC(=O)Oc1c(C)cc(CN2CCC3(CC2)CNC(=O)C3)cc1C. The molecule has 0 saturated carbocycles. The summed E-state index contributed by atoms with van der Waals surface area (Å²) in [5, 5.41) is 2.98. The molecule has 5 heteroatoms. The Labute approximate surface area is 143 Å². The lowest BCUT2D eigenvalue weighted by Gasteiger charge is -2.38.